The summed E-state index contributed by atoms with van der Waals surface area (Å²) in [5, 5.41) is 6.65. The van der Waals surface area contributed by atoms with Crippen LogP contribution in [0.1, 0.15) is 20.3 Å². The number of amides is 1. The SMILES string of the molecule is CC[C@@](C)(Nc1ccnc(-c2c[nH]c3ncccc23)n1)C(=O)NCCF. The van der Waals surface area contributed by atoms with Gasteiger partial charge in [-0.2, -0.15) is 0 Å². The summed E-state index contributed by atoms with van der Waals surface area (Å²) in [6, 6.07) is 5.50. The second kappa shape index (κ2) is 7.47. The lowest BCUT2D eigenvalue weighted by Gasteiger charge is -2.28. The first kappa shape index (κ1) is 17.8. The lowest BCUT2D eigenvalue weighted by atomic mass is 9.97. The molecular weight excluding hydrogens is 335 g/mol. The van der Waals surface area contributed by atoms with Gasteiger partial charge in [0, 0.05) is 36.1 Å². The Bertz CT molecular complexity index is 911. The number of pyridine rings is 1. The first-order chi connectivity index (χ1) is 12.6. The Morgan fingerprint density at radius 1 is 1.31 bits per heavy atom. The maximum atomic E-state index is 12.4. The fraction of sp³-hybridized carbons (Fsp3) is 0.333. The van der Waals surface area contributed by atoms with E-state index in [1.807, 2.05) is 25.3 Å². The predicted molar refractivity (Wildman–Crippen MR) is 98.4 cm³/mol. The molecule has 3 N–H and O–H groups in total. The molecule has 3 aromatic heterocycles. The van der Waals surface area contributed by atoms with Crippen molar-refractivity contribution in [2.75, 3.05) is 18.5 Å². The Morgan fingerprint density at radius 3 is 2.92 bits per heavy atom. The van der Waals surface area contributed by atoms with Gasteiger partial charge < -0.3 is 15.6 Å². The maximum Gasteiger partial charge on any atom is 0.245 e. The molecule has 8 heteroatoms. The van der Waals surface area contributed by atoms with Crippen LogP contribution in [0.15, 0.2) is 36.8 Å². The molecule has 0 spiro atoms. The van der Waals surface area contributed by atoms with Crippen LogP contribution in [0.5, 0.6) is 0 Å². The number of hydrogen-bond acceptors (Lipinski definition) is 5. The summed E-state index contributed by atoms with van der Waals surface area (Å²) in [6.45, 7) is 3.04. The molecular formula is C18H21FN6O. The number of carbonyl (C=O) groups excluding carboxylic acids is 1. The number of alkyl halides is 1. The zero-order valence-electron chi connectivity index (χ0n) is 14.7. The summed E-state index contributed by atoms with van der Waals surface area (Å²) in [6.07, 6.45) is 5.67. The summed E-state index contributed by atoms with van der Waals surface area (Å²) < 4.78 is 12.3. The van der Waals surface area contributed by atoms with Crippen LogP contribution in [0.3, 0.4) is 0 Å². The van der Waals surface area contributed by atoms with Gasteiger partial charge >= 0.3 is 0 Å². The van der Waals surface area contributed by atoms with Gasteiger partial charge in [0.25, 0.3) is 0 Å². The molecule has 136 valence electrons. The highest BCUT2D eigenvalue weighted by atomic mass is 19.1. The van der Waals surface area contributed by atoms with Crippen LogP contribution in [-0.4, -0.2) is 44.6 Å². The lowest BCUT2D eigenvalue weighted by molar-refractivity contribution is -0.125. The number of anilines is 1. The third-order valence-corrected chi connectivity index (χ3v) is 4.34. The van der Waals surface area contributed by atoms with E-state index >= 15 is 0 Å². The van der Waals surface area contributed by atoms with Crippen molar-refractivity contribution >= 4 is 22.8 Å². The molecule has 0 unspecified atom stereocenters. The minimum absolute atomic E-state index is 0.00648. The van der Waals surface area contributed by atoms with Gasteiger partial charge in [0.05, 0.1) is 0 Å². The number of hydrogen-bond donors (Lipinski definition) is 3. The van der Waals surface area contributed by atoms with Gasteiger partial charge in [-0.25, -0.2) is 19.3 Å². The molecule has 7 nitrogen and oxygen atoms in total. The largest absolute Gasteiger partial charge is 0.356 e. The number of nitrogens with zero attached hydrogens (tertiary/aromatic N) is 3. The van der Waals surface area contributed by atoms with Crippen LogP contribution >= 0.6 is 0 Å². The van der Waals surface area contributed by atoms with Crippen molar-refractivity contribution in [2.45, 2.75) is 25.8 Å². The van der Waals surface area contributed by atoms with E-state index < -0.39 is 12.2 Å². The number of aromatic nitrogens is 4. The quantitative estimate of drug-likeness (QED) is 0.605. The molecule has 0 aliphatic rings. The van der Waals surface area contributed by atoms with E-state index in [0.29, 0.717) is 18.1 Å². The Labute approximate surface area is 150 Å². The Kier molecular flexibility index (Phi) is 5.11. The Hall–Kier alpha value is -3.03. The first-order valence-corrected chi connectivity index (χ1v) is 8.45. The smallest absolute Gasteiger partial charge is 0.245 e. The molecule has 0 bridgehead atoms. The highest BCUT2D eigenvalue weighted by Gasteiger charge is 2.31. The molecule has 0 aromatic carbocycles. The molecule has 26 heavy (non-hydrogen) atoms. The predicted octanol–water partition coefficient (Wildman–Crippen LogP) is 2.69. The highest BCUT2D eigenvalue weighted by Crippen LogP contribution is 2.26. The molecule has 0 aliphatic carbocycles. The molecule has 0 saturated carbocycles. The van der Waals surface area contributed by atoms with Crippen LogP contribution in [0.2, 0.25) is 0 Å². The van der Waals surface area contributed by atoms with Crippen molar-refractivity contribution in [1.82, 2.24) is 25.3 Å². The zero-order chi connectivity index (χ0) is 18.6. The number of H-pyrrole nitrogens is 1. The number of nitrogens with one attached hydrogen (secondary N) is 3. The lowest BCUT2D eigenvalue weighted by Crippen LogP contribution is -2.50. The van der Waals surface area contributed by atoms with E-state index in [1.165, 1.54) is 0 Å². The molecule has 3 aromatic rings. The molecule has 0 aliphatic heterocycles. The van der Waals surface area contributed by atoms with Gasteiger partial charge in [-0.1, -0.05) is 6.92 Å². The molecule has 0 saturated heterocycles. The molecule has 3 rings (SSSR count). The average molecular weight is 356 g/mol. The average Bonchev–Trinajstić information content (AvgIpc) is 3.10. The Balaban J connectivity index is 1.88. The third kappa shape index (κ3) is 3.49. The normalized spacial score (nSPS) is 13.3. The van der Waals surface area contributed by atoms with E-state index in [4.69, 9.17) is 0 Å². The molecule has 1 atom stereocenters. The minimum Gasteiger partial charge on any atom is -0.356 e. The van der Waals surface area contributed by atoms with Crippen molar-refractivity contribution in [2.24, 2.45) is 0 Å². The van der Waals surface area contributed by atoms with Crippen molar-refractivity contribution < 1.29 is 9.18 Å². The third-order valence-electron chi connectivity index (χ3n) is 4.34. The van der Waals surface area contributed by atoms with Crippen LogP contribution in [0.25, 0.3) is 22.4 Å². The number of carbonyl (C=O) groups is 1. The monoisotopic (exact) mass is 356 g/mol. The van der Waals surface area contributed by atoms with Gasteiger partial charge in [-0.3, -0.25) is 4.79 Å². The van der Waals surface area contributed by atoms with Gasteiger partial charge in [-0.15, -0.1) is 0 Å². The number of aromatic amines is 1. The van der Waals surface area contributed by atoms with E-state index in [1.54, 1.807) is 25.4 Å². The van der Waals surface area contributed by atoms with Crippen molar-refractivity contribution in [3.8, 4) is 11.4 Å². The van der Waals surface area contributed by atoms with E-state index in [0.717, 1.165) is 16.6 Å². The summed E-state index contributed by atoms with van der Waals surface area (Å²) in [4.78, 5) is 28.6. The second-order valence-electron chi connectivity index (χ2n) is 6.12. The van der Waals surface area contributed by atoms with Crippen molar-refractivity contribution in [3.05, 3.63) is 36.8 Å². The topological polar surface area (TPSA) is 95.6 Å². The van der Waals surface area contributed by atoms with Gasteiger partial charge in [0.15, 0.2) is 5.82 Å². The summed E-state index contributed by atoms with van der Waals surface area (Å²) >= 11 is 0. The van der Waals surface area contributed by atoms with Crippen LogP contribution in [0.4, 0.5) is 10.2 Å². The van der Waals surface area contributed by atoms with Gasteiger partial charge in [0.1, 0.15) is 23.7 Å². The van der Waals surface area contributed by atoms with Crippen molar-refractivity contribution in [1.29, 1.82) is 0 Å². The highest BCUT2D eigenvalue weighted by molar-refractivity contribution is 5.92. The number of rotatable bonds is 7. The molecule has 0 radical (unpaired) electrons. The van der Waals surface area contributed by atoms with E-state index in [-0.39, 0.29) is 12.5 Å². The van der Waals surface area contributed by atoms with Gasteiger partial charge in [-0.05, 0) is 31.5 Å². The van der Waals surface area contributed by atoms with E-state index in [2.05, 4.69) is 30.6 Å². The first-order valence-electron chi connectivity index (χ1n) is 8.45. The summed E-state index contributed by atoms with van der Waals surface area (Å²) in [5.74, 6) is 0.777. The summed E-state index contributed by atoms with van der Waals surface area (Å²) in [7, 11) is 0. The molecule has 3 heterocycles. The fourth-order valence-electron chi connectivity index (χ4n) is 2.64. The van der Waals surface area contributed by atoms with Crippen LogP contribution in [-0.2, 0) is 4.79 Å². The number of fused-ring (bicyclic) bond motifs is 1. The molecule has 1 amide bonds. The van der Waals surface area contributed by atoms with Crippen LogP contribution < -0.4 is 10.6 Å². The van der Waals surface area contributed by atoms with E-state index in [9.17, 15) is 9.18 Å². The van der Waals surface area contributed by atoms with Crippen molar-refractivity contribution in [3.63, 3.8) is 0 Å². The molecule has 0 fully saturated rings. The maximum absolute atomic E-state index is 12.4. The summed E-state index contributed by atoms with van der Waals surface area (Å²) in [5.41, 5.74) is 0.688. The second-order valence-corrected chi connectivity index (χ2v) is 6.12. The zero-order valence-corrected chi connectivity index (χ0v) is 14.7. The Morgan fingerprint density at radius 2 is 2.15 bits per heavy atom. The van der Waals surface area contributed by atoms with Crippen LogP contribution in [0, 0.1) is 0 Å². The van der Waals surface area contributed by atoms with Gasteiger partial charge in [0.2, 0.25) is 5.91 Å². The standard InChI is InChI=1S/C18H21FN6O/c1-3-18(2,17(26)22-10-7-19)25-14-6-9-21-16(24-14)13-11-23-15-12(13)5-4-8-20-15/h4-6,8-9,11H,3,7,10H2,1-2H3,(H,20,23)(H,22,26)(H,21,24,25)/t18-/m1/s1. The number of halogens is 1. The minimum atomic E-state index is -0.900. The fourth-order valence-corrected chi connectivity index (χ4v) is 2.64.